The quantitative estimate of drug-likeness (QED) is 0.854. The highest BCUT2D eigenvalue weighted by Crippen LogP contribution is 2.38. The molecule has 0 saturated carbocycles. The van der Waals surface area contributed by atoms with Gasteiger partial charge in [0.2, 0.25) is 0 Å². The number of fused-ring (bicyclic) bond motifs is 1. The molecule has 74 valence electrons. The van der Waals surface area contributed by atoms with E-state index in [-0.39, 0.29) is 5.92 Å². The van der Waals surface area contributed by atoms with E-state index in [1.165, 1.54) is 0 Å². The number of carboxylic acid groups (broad SMARTS) is 1. The van der Waals surface area contributed by atoms with Gasteiger partial charge in [-0.15, -0.1) is 11.8 Å². The number of carbonyl (C=O) groups is 1. The fraction of sp³-hybridized carbons (Fsp3) is 0.300. The number of carboxylic acids is 1. The molecule has 2 rings (SSSR count). The first-order valence-electron chi connectivity index (χ1n) is 4.33. The van der Waals surface area contributed by atoms with Gasteiger partial charge in [0.15, 0.2) is 0 Å². The Labute approximate surface area is 94.8 Å². The summed E-state index contributed by atoms with van der Waals surface area (Å²) in [5, 5.41) is 9.03. The molecule has 0 aromatic heterocycles. The largest absolute Gasteiger partial charge is 0.481 e. The lowest BCUT2D eigenvalue weighted by Gasteiger charge is -2.21. The first-order valence-corrected chi connectivity index (χ1v) is 6.11. The second-order valence-electron chi connectivity index (χ2n) is 3.21. The Hall–Kier alpha value is -0.480. The normalized spacial score (nSPS) is 20.2. The van der Waals surface area contributed by atoms with E-state index in [0.717, 1.165) is 27.1 Å². The summed E-state index contributed by atoms with van der Waals surface area (Å²) >= 11 is 5.12. The van der Waals surface area contributed by atoms with Crippen molar-refractivity contribution in [1.82, 2.24) is 0 Å². The van der Waals surface area contributed by atoms with Crippen LogP contribution in [0.5, 0.6) is 0 Å². The van der Waals surface area contributed by atoms with Crippen molar-refractivity contribution < 1.29 is 9.90 Å². The third-order valence-electron chi connectivity index (χ3n) is 2.31. The lowest BCUT2D eigenvalue weighted by molar-refractivity contribution is -0.138. The number of hydrogen-bond acceptors (Lipinski definition) is 2. The molecule has 0 spiro atoms. The first-order chi connectivity index (χ1) is 6.68. The van der Waals surface area contributed by atoms with Crippen molar-refractivity contribution in [2.24, 2.45) is 0 Å². The summed E-state index contributed by atoms with van der Waals surface area (Å²) in [5.74, 6) is -0.145. The summed E-state index contributed by atoms with van der Waals surface area (Å²) in [6, 6.07) is 5.81. The molecule has 1 aliphatic rings. The molecule has 14 heavy (non-hydrogen) atoms. The summed E-state index contributed by atoms with van der Waals surface area (Å²) in [7, 11) is 0. The van der Waals surface area contributed by atoms with Gasteiger partial charge in [-0.2, -0.15) is 0 Å². The molecule has 1 N–H and O–H groups in total. The van der Waals surface area contributed by atoms with Crippen LogP contribution >= 0.6 is 27.7 Å². The van der Waals surface area contributed by atoms with Crippen molar-refractivity contribution in [3.8, 4) is 0 Å². The highest BCUT2D eigenvalue weighted by Gasteiger charge is 2.26. The maximum Gasteiger partial charge on any atom is 0.311 e. The average molecular weight is 273 g/mol. The predicted octanol–water partition coefficient (Wildman–Crippen LogP) is 3.11. The van der Waals surface area contributed by atoms with Crippen LogP contribution in [-0.4, -0.2) is 16.8 Å². The number of halogens is 1. The van der Waals surface area contributed by atoms with Crippen molar-refractivity contribution in [3.63, 3.8) is 0 Å². The number of thioether (sulfide) groups is 1. The van der Waals surface area contributed by atoms with Crippen LogP contribution in [0.3, 0.4) is 0 Å². The second-order valence-corrected chi connectivity index (χ2v) is 5.26. The van der Waals surface area contributed by atoms with Gasteiger partial charge in [-0.05, 0) is 29.9 Å². The number of hydrogen-bond donors (Lipinski definition) is 1. The highest BCUT2D eigenvalue weighted by molar-refractivity contribution is 9.10. The first kappa shape index (κ1) is 10.1. The predicted molar refractivity (Wildman–Crippen MR) is 59.9 cm³/mol. The monoisotopic (exact) mass is 272 g/mol. The zero-order valence-electron chi connectivity index (χ0n) is 7.37. The fourth-order valence-electron chi connectivity index (χ4n) is 1.62. The Morgan fingerprint density at radius 2 is 2.36 bits per heavy atom. The van der Waals surface area contributed by atoms with Crippen LogP contribution in [0.4, 0.5) is 0 Å². The van der Waals surface area contributed by atoms with Gasteiger partial charge in [-0.3, -0.25) is 4.79 Å². The summed E-state index contributed by atoms with van der Waals surface area (Å²) < 4.78 is 1.01. The van der Waals surface area contributed by atoms with Crippen LogP contribution in [0, 0.1) is 0 Å². The van der Waals surface area contributed by atoms with E-state index < -0.39 is 5.97 Å². The van der Waals surface area contributed by atoms with Crippen molar-refractivity contribution in [3.05, 3.63) is 28.2 Å². The maximum absolute atomic E-state index is 11.0. The zero-order chi connectivity index (χ0) is 10.1. The van der Waals surface area contributed by atoms with E-state index in [1.807, 2.05) is 18.2 Å². The number of aliphatic carboxylic acids is 1. The van der Waals surface area contributed by atoms with Gasteiger partial charge >= 0.3 is 5.97 Å². The van der Waals surface area contributed by atoms with Crippen LogP contribution in [0.2, 0.25) is 0 Å². The fourth-order valence-corrected chi connectivity index (χ4v) is 3.29. The Morgan fingerprint density at radius 1 is 1.57 bits per heavy atom. The smallest absolute Gasteiger partial charge is 0.311 e. The Kier molecular flexibility index (Phi) is 2.83. The van der Waals surface area contributed by atoms with Gasteiger partial charge in [0.05, 0.1) is 5.92 Å². The van der Waals surface area contributed by atoms with Gasteiger partial charge in [-0.25, -0.2) is 0 Å². The standard InChI is InChI=1S/C10H9BrO2S/c11-6-1-2-7-8(10(12)13)3-4-14-9(7)5-6/h1-2,5,8H,3-4H2,(H,12,13). The molecule has 0 fully saturated rings. The molecule has 1 aromatic rings. The summed E-state index contributed by atoms with van der Waals surface area (Å²) in [5.41, 5.74) is 0.956. The molecule has 2 nitrogen and oxygen atoms in total. The van der Waals surface area contributed by atoms with Crippen molar-refractivity contribution in [1.29, 1.82) is 0 Å². The molecular weight excluding hydrogens is 264 g/mol. The molecule has 0 amide bonds. The van der Waals surface area contributed by atoms with Gasteiger partial charge < -0.3 is 5.11 Å². The maximum atomic E-state index is 11.0. The van der Waals surface area contributed by atoms with Gasteiger partial charge in [-0.1, -0.05) is 22.0 Å². The molecule has 1 unspecified atom stereocenters. The van der Waals surface area contributed by atoms with Crippen molar-refractivity contribution >= 4 is 33.7 Å². The molecule has 0 bridgehead atoms. The van der Waals surface area contributed by atoms with E-state index in [1.54, 1.807) is 11.8 Å². The minimum absolute atomic E-state index is 0.320. The summed E-state index contributed by atoms with van der Waals surface area (Å²) in [4.78, 5) is 12.1. The minimum Gasteiger partial charge on any atom is -0.481 e. The van der Waals surface area contributed by atoms with Gasteiger partial charge in [0, 0.05) is 9.37 Å². The van der Waals surface area contributed by atoms with Crippen LogP contribution < -0.4 is 0 Å². The van der Waals surface area contributed by atoms with E-state index >= 15 is 0 Å². The minimum atomic E-state index is -0.714. The topological polar surface area (TPSA) is 37.3 Å². The lowest BCUT2D eigenvalue weighted by atomic mass is 9.96. The summed E-state index contributed by atoms with van der Waals surface area (Å²) in [6.45, 7) is 0. The molecule has 1 heterocycles. The van der Waals surface area contributed by atoms with E-state index in [9.17, 15) is 4.79 Å². The molecular formula is C10H9BrO2S. The molecule has 0 radical (unpaired) electrons. The van der Waals surface area contributed by atoms with Crippen molar-refractivity contribution in [2.75, 3.05) is 5.75 Å². The molecule has 4 heteroatoms. The SMILES string of the molecule is O=C(O)C1CCSc2cc(Br)ccc21. The number of rotatable bonds is 1. The molecule has 1 atom stereocenters. The third kappa shape index (κ3) is 1.81. The average Bonchev–Trinajstić information content (AvgIpc) is 2.16. The molecule has 0 aliphatic carbocycles. The van der Waals surface area contributed by atoms with Crippen LogP contribution in [0.25, 0.3) is 0 Å². The summed E-state index contributed by atoms with van der Waals surface area (Å²) in [6.07, 6.45) is 0.731. The van der Waals surface area contributed by atoms with E-state index in [0.29, 0.717) is 0 Å². The van der Waals surface area contributed by atoms with E-state index in [2.05, 4.69) is 15.9 Å². The molecule has 0 saturated heterocycles. The van der Waals surface area contributed by atoms with Crippen LogP contribution in [-0.2, 0) is 4.79 Å². The molecule has 1 aliphatic heterocycles. The van der Waals surface area contributed by atoms with Crippen LogP contribution in [0.1, 0.15) is 17.9 Å². The van der Waals surface area contributed by atoms with Gasteiger partial charge in [0.25, 0.3) is 0 Å². The Morgan fingerprint density at radius 3 is 3.07 bits per heavy atom. The Balaban J connectivity index is 2.44. The van der Waals surface area contributed by atoms with Crippen molar-refractivity contribution in [2.45, 2.75) is 17.2 Å². The highest BCUT2D eigenvalue weighted by atomic mass is 79.9. The lowest BCUT2D eigenvalue weighted by Crippen LogP contribution is -2.16. The zero-order valence-corrected chi connectivity index (χ0v) is 9.77. The van der Waals surface area contributed by atoms with E-state index in [4.69, 9.17) is 5.11 Å². The van der Waals surface area contributed by atoms with Gasteiger partial charge in [0.1, 0.15) is 0 Å². The second kappa shape index (κ2) is 3.95. The Bertz CT molecular complexity index is 378. The number of benzene rings is 1. The van der Waals surface area contributed by atoms with Crippen LogP contribution in [0.15, 0.2) is 27.6 Å². The molecule has 1 aromatic carbocycles. The third-order valence-corrected chi connectivity index (χ3v) is 3.91.